The zero-order valence-electron chi connectivity index (χ0n) is 10.5. The highest BCUT2D eigenvalue weighted by Gasteiger charge is 2.13. The van der Waals surface area contributed by atoms with Crippen LogP contribution in [0.5, 0.6) is 0 Å². The number of rotatable bonds is 2. The number of anilines is 1. The van der Waals surface area contributed by atoms with Crippen LogP contribution in [-0.4, -0.2) is 5.78 Å². The lowest BCUT2D eigenvalue weighted by molar-refractivity contribution is 0.104. The van der Waals surface area contributed by atoms with Crippen LogP contribution in [0.4, 0.5) is 5.69 Å². The van der Waals surface area contributed by atoms with Gasteiger partial charge in [0, 0.05) is 21.5 Å². The maximum Gasteiger partial charge on any atom is 0.194 e. The molecule has 0 radical (unpaired) electrons. The fourth-order valence-corrected chi connectivity index (χ4v) is 3.02. The number of thiophene rings is 1. The summed E-state index contributed by atoms with van der Waals surface area (Å²) in [5, 5.41) is 3.11. The van der Waals surface area contributed by atoms with E-state index in [1.807, 2.05) is 48.7 Å². The van der Waals surface area contributed by atoms with Crippen LogP contribution in [0.1, 0.15) is 21.5 Å². The van der Waals surface area contributed by atoms with E-state index >= 15 is 0 Å². The molecule has 0 spiro atoms. The van der Waals surface area contributed by atoms with E-state index in [-0.39, 0.29) is 5.78 Å². The molecule has 3 aromatic rings. The largest absolute Gasteiger partial charge is 0.398 e. The molecule has 1 heterocycles. The molecule has 0 unspecified atom stereocenters. The van der Waals surface area contributed by atoms with Crippen molar-refractivity contribution in [2.45, 2.75) is 6.92 Å². The lowest BCUT2D eigenvalue weighted by Crippen LogP contribution is -2.03. The summed E-state index contributed by atoms with van der Waals surface area (Å²) in [6.07, 6.45) is 0. The molecule has 0 bridgehead atoms. The van der Waals surface area contributed by atoms with Gasteiger partial charge in [0.05, 0.1) is 0 Å². The van der Waals surface area contributed by atoms with Crippen molar-refractivity contribution in [2.75, 3.05) is 5.73 Å². The number of nitrogens with two attached hydrogens (primary N) is 1. The van der Waals surface area contributed by atoms with Crippen LogP contribution in [0.2, 0.25) is 0 Å². The van der Waals surface area contributed by atoms with Gasteiger partial charge in [0.2, 0.25) is 0 Å². The molecule has 2 aromatic carbocycles. The molecule has 0 saturated carbocycles. The molecule has 0 aliphatic rings. The number of ketones is 1. The molecule has 94 valence electrons. The minimum absolute atomic E-state index is 0.0275. The van der Waals surface area contributed by atoms with Crippen LogP contribution in [0.15, 0.2) is 47.8 Å². The minimum atomic E-state index is 0.0275. The molecular weight excluding hydrogens is 254 g/mol. The Kier molecular flexibility index (Phi) is 2.84. The van der Waals surface area contributed by atoms with Crippen molar-refractivity contribution < 1.29 is 4.79 Å². The van der Waals surface area contributed by atoms with E-state index < -0.39 is 0 Å². The van der Waals surface area contributed by atoms with E-state index in [1.165, 1.54) is 0 Å². The quantitative estimate of drug-likeness (QED) is 0.563. The average molecular weight is 267 g/mol. The highest BCUT2D eigenvalue weighted by Crippen LogP contribution is 2.27. The molecule has 0 saturated heterocycles. The Morgan fingerprint density at radius 2 is 2.00 bits per heavy atom. The van der Waals surface area contributed by atoms with Gasteiger partial charge in [-0.1, -0.05) is 24.3 Å². The molecule has 0 amide bonds. The Hall–Kier alpha value is -2.13. The second-order valence-corrected chi connectivity index (χ2v) is 5.46. The molecule has 2 nitrogen and oxygen atoms in total. The van der Waals surface area contributed by atoms with Gasteiger partial charge in [0.25, 0.3) is 0 Å². The number of carbonyl (C=O) groups is 1. The Morgan fingerprint density at radius 3 is 2.79 bits per heavy atom. The number of hydrogen-bond acceptors (Lipinski definition) is 3. The average Bonchev–Trinajstić information content (AvgIpc) is 2.89. The summed E-state index contributed by atoms with van der Waals surface area (Å²) in [6, 6.07) is 13.3. The van der Waals surface area contributed by atoms with Crippen molar-refractivity contribution in [2.24, 2.45) is 0 Å². The Morgan fingerprint density at radius 1 is 1.16 bits per heavy atom. The number of nitrogen functional groups attached to an aromatic ring is 1. The zero-order chi connectivity index (χ0) is 13.4. The monoisotopic (exact) mass is 267 g/mol. The van der Waals surface area contributed by atoms with E-state index in [0.29, 0.717) is 11.3 Å². The van der Waals surface area contributed by atoms with Crippen molar-refractivity contribution in [1.29, 1.82) is 0 Å². The zero-order valence-corrected chi connectivity index (χ0v) is 11.3. The number of aryl methyl sites for hydroxylation is 1. The van der Waals surface area contributed by atoms with E-state index in [4.69, 9.17) is 5.73 Å². The minimum Gasteiger partial charge on any atom is -0.398 e. The van der Waals surface area contributed by atoms with Gasteiger partial charge in [0.1, 0.15) is 0 Å². The van der Waals surface area contributed by atoms with E-state index in [1.54, 1.807) is 17.4 Å². The van der Waals surface area contributed by atoms with Gasteiger partial charge in [-0.25, -0.2) is 0 Å². The van der Waals surface area contributed by atoms with Gasteiger partial charge in [-0.2, -0.15) is 0 Å². The smallest absolute Gasteiger partial charge is 0.194 e. The van der Waals surface area contributed by atoms with Crippen LogP contribution >= 0.6 is 11.3 Å². The van der Waals surface area contributed by atoms with Crippen molar-refractivity contribution in [3.8, 4) is 0 Å². The topological polar surface area (TPSA) is 43.1 Å². The van der Waals surface area contributed by atoms with E-state index in [2.05, 4.69) is 0 Å². The summed E-state index contributed by atoms with van der Waals surface area (Å²) in [5.74, 6) is 0.0275. The third-order valence-corrected chi connectivity index (χ3v) is 4.23. The maximum atomic E-state index is 12.6. The molecule has 0 fully saturated rings. The van der Waals surface area contributed by atoms with Gasteiger partial charge in [-0.05, 0) is 41.5 Å². The summed E-state index contributed by atoms with van der Waals surface area (Å²) in [4.78, 5) is 12.6. The van der Waals surface area contributed by atoms with Gasteiger partial charge in [0.15, 0.2) is 5.78 Å². The first kappa shape index (κ1) is 11.9. The number of hydrogen-bond donors (Lipinski definition) is 1. The highest BCUT2D eigenvalue weighted by atomic mass is 32.1. The molecule has 0 aliphatic carbocycles. The van der Waals surface area contributed by atoms with Crippen molar-refractivity contribution >= 4 is 32.9 Å². The predicted octanol–water partition coefficient (Wildman–Crippen LogP) is 4.02. The van der Waals surface area contributed by atoms with Crippen LogP contribution in [-0.2, 0) is 0 Å². The van der Waals surface area contributed by atoms with Crippen molar-refractivity contribution in [1.82, 2.24) is 0 Å². The first-order valence-corrected chi connectivity index (χ1v) is 6.92. The van der Waals surface area contributed by atoms with Crippen molar-refractivity contribution in [3.63, 3.8) is 0 Å². The Balaban J connectivity index is 2.13. The molecule has 3 rings (SSSR count). The summed E-state index contributed by atoms with van der Waals surface area (Å²) in [5.41, 5.74) is 8.92. The number of carbonyl (C=O) groups excluding carboxylic acids is 1. The highest BCUT2D eigenvalue weighted by molar-refractivity contribution is 7.17. The van der Waals surface area contributed by atoms with Crippen LogP contribution in [0, 0.1) is 6.92 Å². The third kappa shape index (κ3) is 2.02. The summed E-state index contributed by atoms with van der Waals surface area (Å²) >= 11 is 1.59. The van der Waals surface area contributed by atoms with Crippen molar-refractivity contribution in [3.05, 3.63) is 64.5 Å². The summed E-state index contributed by atoms with van der Waals surface area (Å²) in [7, 11) is 0. The molecular formula is C16H13NOS. The predicted molar refractivity (Wildman–Crippen MR) is 80.8 cm³/mol. The fourth-order valence-electron chi connectivity index (χ4n) is 2.11. The van der Waals surface area contributed by atoms with Gasteiger partial charge in [-0.15, -0.1) is 11.3 Å². The molecule has 0 atom stereocenters. The summed E-state index contributed by atoms with van der Waals surface area (Å²) in [6.45, 7) is 1.93. The first-order chi connectivity index (χ1) is 9.16. The first-order valence-electron chi connectivity index (χ1n) is 6.04. The van der Waals surface area contributed by atoms with Gasteiger partial charge < -0.3 is 5.73 Å². The molecule has 2 N–H and O–H groups in total. The van der Waals surface area contributed by atoms with Gasteiger partial charge >= 0.3 is 0 Å². The molecule has 19 heavy (non-hydrogen) atoms. The normalized spacial score (nSPS) is 10.8. The second-order valence-electron chi connectivity index (χ2n) is 4.55. The van der Waals surface area contributed by atoms with Crippen LogP contribution < -0.4 is 5.73 Å². The summed E-state index contributed by atoms with van der Waals surface area (Å²) < 4.78 is 1.03. The van der Waals surface area contributed by atoms with Crippen LogP contribution in [0.3, 0.4) is 0 Å². The maximum absolute atomic E-state index is 12.6. The SMILES string of the molecule is Cc1ccc(C(=O)c2cccc3ccsc23)cc1N. The standard InChI is InChI=1S/C16H13NOS/c1-10-5-6-12(9-14(10)17)15(18)13-4-2-3-11-7-8-19-16(11)13/h2-9H,17H2,1H3. The fraction of sp³-hybridized carbons (Fsp3) is 0.0625. The number of benzene rings is 2. The Bertz CT molecular complexity index is 773. The van der Waals surface area contributed by atoms with E-state index in [0.717, 1.165) is 21.2 Å². The molecule has 3 heteroatoms. The Labute approximate surface area is 115 Å². The molecule has 1 aromatic heterocycles. The number of fused-ring (bicyclic) bond motifs is 1. The lowest BCUT2D eigenvalue weighted by atomic mass is 10.0. The van der Waals surface area contributed by atoms with Crippen LogP contribution in [0.25, 0.3) is 10.1 Å². The third-order valence-electron chi connectivity index (χ3n) is 3.27. The lowest BCUT2D eigenvalue weighted by Gasteiger charge is -2.05. The van der Waals surface area contributed by atoms with E-state index in [9.17, 15) is 4.79 Å². The van der Waals surface area contributed by atoms with Gasteiger partial charge in [-0.3, -0.25) is 4.79 Å². The second kappa shape index (κ2) is 4.52. The molecule has 0 aliphatic heterocycles.